The zero-order chi connectivity index (χ0) is 13.0. The lowest BCUT2D eigenvalue weighted by atomic mass is 10.1. The Morgan fingerprint density at radius 3 is 2.76 bits per heavy atom. The molecule has 2 N–H and O–H groups in total. The summed E-state index contributed by atoms with van der Waals surface area (Å²) in [4.78, 5) is 14.2. The van der Waals surface area contributed by atoms with E-state index in [0.717, 1.165) is 3.57 Å². The second-order valence-electron chi connectivity index (χ2n) is 4.00. The average molecular weight is 362 g/mol. The van der Waals surface area contributed by atoms with E-state index in [2.05, 4.69) is 22.6 Å². The summed E-state index contributed by atoms with van der Waals surface area (Å²) in [5, 5.41) is 0. The van der Waals surface area contributed by atoms with Gasteiger partial charge in [-0.25, -0.2) is 0 Å². The lowest BCUT2D eigenvalue weighted by Gasteiger charge is -2.21. The fourth-order valence-corrected chi connectivity index (χ4v) is 2.04. The molecule has 0 fully saturated rings. The number of carbonyl (C=O) groups is 1. The largest absolute Gasteiger partial charge is 0.393 e. The van der Waals surface area contributed by atoms with Crippen LogP contribution in [0.1, 0.15) is 17.3 Å². The molecule has 0 spiro atoms. The van der Waals surface area contributed by atoms with Crippen LogP contribution in [0.2, 0.25) is 0 Å². The first-order valence-corrected chi connectivity index (χ1v) is 6.71. The molecule has 0 radical (unpaired) electrons. The van der Waals surface area contributed by atoms with E-state index < -0.39 is 0 Å². The molecule has 0 bridgehead atoms. The Morgan fingerprint density at radius 2 is 2.24 bits per heavy atom. The summed E-state index contributed by atoms with van der Waals surface area (Å²) in [6, 6.07) is 7.51. The van der Waals surface area contributed by atoms with Crippen molar-refractivity contribution < 1.29 is 4.79 Å². The van der Waals surface area contributed by atoms with E-state index in [4.69, 9.17) is 18.0 Å². The van der Waals surface area contributed by atoms with Gasteiger partial charge in [0, 0.05) is 28.6 Å². The number of nitrogens with two attached hydrogens (primary N) is 1. The van der Waals surface area contributed by atoms with Crippen molar-refractivity contribution in [3.8, 4) is 0 Å². The molecular weight excluding hydrogens is 347 g/mol. The topological polar surface area (TPSA) is 46.3 Å². The van der Waals surface area contributed by atoms with Crippen molar-refractivity contribution in [1.29, 1.82) is 0 Å². The second-order valence-corrected chi connectivity index (χ2v) is 5.72. The van der Waals surface area contributed by atoms with E-state index in [-0.39, 0.29) is 11.8 Å². The number of halogens is 1. The van der Waals surface area contributed by atoms with Gasteiger partial charge in [-0.1, -0.05) is 25.2 Å². The van der Waals surface area contributed by atoms with Crippen LogP contribution in [0.4, 0.5) is 0 Å². The minimum Gasteiger partial charge on any atom is -0.393 e. The Hall–Kier alpha value is -0.690. The molecule has 0 aliphatic carbocycles. The number of benzene rings is 1. The van der Waals surface area contributed by atoms with E-state index in [1.807, 2.05) is 31.2 Å². The SMILES string of the molecule is CC(CN(C)C(=O)c1cccc(I)c1)C(N)=S. The fourth-order valence-electron chi connectivity index (χ4n) is 1.43. The van der Waals surface area contributed by atoms with Gasteiger partial charge in [0.25, 0.3) is 5.91 Å². The molecule has 1 amide bonds. The molecule has 0 saturated heterocycles. The fraction of sp³-hybridized carbons (Fsp3) is 0.333. The first-order chi connectivity index (χ1) is 7.91. The van der Waals surface area contributed by atoms with Gasteiger partial charge in [0.15, 0.2) is 0 Å². The van der Waals surface area contributed by atoms with Crippen LogP contribution in [-0.2, 0) is 0 Å². The van der Waals surface area contributed by atoms with E-state index in [0.29, 0.717) is 17.1 Å². The number of nitrogens with zero attached hydrogens (tertiary/aromatic N) is 1. The molecule has 1 atom stereocenters. The minimum atomic E-state index is -0.00776. The third-order valence-corrected chi connectivity index (χ3v) is 3.53. The van der Waals surface area contributed by atoms with Gasteiger partial charge in [-0.2, -0.15) is 0 Å². The zero-order valence-electron chi connectivity index (χ0n) is 9.81. The lowest BCUT2D eigenvalue weighted by molar-refractivity contribution is 0.0787. The van der Waals surface area contributed by atoms with E-state index >= 15 is 0 Å². The molecule has 0 saturated carbocycles. The maximum atomic E-state index is 12.1. The molecule has 17 heavy (non-hydrogen) atoms. The van der Waals surface area contributed by atoms with Crippen molar-refractivity contribution in [2.24, 2.45) is 11.7 Å². The first kappa shape index (κ1) is 14.4. The predicted octanol–water partition coefficient (Wildman–Crippen LogP) is 2.29. The molecular formula is C12H15IN2OS. The lowest BCUT2D eigenvalue weighted by Crippen LogP contribution is -2.35. The molecule has 1 aromatic rings. The number of rotatable bonds is 4. The molecule has 1 unspecified atom stereocenters. The van der Waals surface area contributed by atoms with E-state index in [9.17, 15) is 4.79 Å². The number of amides is 1. The molecule has 1 aromatic carbocycles. The third kappa shape index (κ3) is 4.23. The first-order valence-electron chi connectivity index (χ1n) is 5.22. The van der Waals surface area contributed by atoms with Crippen LogP contribution in [0.25, 0.3) is 0 Å². The summed E-state index contributed by atoms with van der Waals surface area (Å²) in [5.41, 5.74) is 6.23. The summed E-state index contributed by atoms with van der Waals surface area (Å²) in [6.45, 7) is 2.46. The third-order valence-electron chi connectivity index (χ3n) is 2.45. The predicted molar refractivity (Wildman–Crippen MR) is 82.1 cm³/mol. The zero-order valence-corrected chi connectivity index (χ0v) is 12.8. The van der Waals surface area contributed by atoms with Crippen molar-refractivity contribution in [3.63, 3.8) is 0 Å². The highest BCUT2D eigenvalue weighted by Crippen LogP contribution is 2.10. The highest BCUT2D eigenvalue weighted by Gasteiger charge is 2.15. The molecule has 0 aromatic heterocycles. The standard InChI is InChI=1S/C12H15IN2OS/c1-8(11(14)17)7-15(2)12(16)9-4-3-5-10(13)6-9/h3-6,8H,7H2,1-2H3,(H2,14,17). The van der Waals surface area contributed by atoms with Crippen molar-refractivity contribution in [2.75, 3.05) is 13.6 Å². The van der Waals surface area contributed by atoms with Crippen LogP contribution in [0.3, 0.4) is 0 Å². The molecule has 0 aliphatic heterocycles. The molecule has 0 heterocycles. The van der Waals surface area contributed by atoms with Gasteiger partial charge in [0.1, 0.15) is 0 Å². The number of carbonyl (C=O) groups excluding carboxylic acids is 1. The van der Waals surface area contributed by atoms with Crippen LogP contribution in [-0.4, -0.2) is 29.4 Å². The van der Waals surface area contributed by atoms with Crippen LogP contribution < -0.4 is 5.73 Å². The van der Waals surface area contributed by atoms with E-state index in [1.54, 1.807) is 11.9 Å². The van der Waals surface area contributed by atoms with Crippen molar-refractivity contribution in [1.82, 2.24) is 4.90 Å². The summed E-state index contributed by atoms with van der Waals surface area (Å²) >= 11 is 7.09. The Balaban J connectivity index is 2.73. The van der Waals surface area contributed by atoms with Gasteiger partial charge in [-0.15, -0.1) is 0 Å². The normalized spacial score (nSPS) is 11.9. The van der Waals surface area contributed by atoms with Crippen LogP contribution >= 0.6 is 34.8 Å². The maximum absolute atomic E-state index is 12.1. The molecule has 5 heteroatoms. The van der Waals surface area contributed by atoms with Crippen LogP contribution in [0.5, 0.6) is 0 Å². The van der Waals surface area contributed by atoms with Crippen LogP contribution in [0.15, 0.2) is 24.3 Å². The smallest absolute Gasteiger partial charge is 0.253 e. The van der Waals surface area contributed by atoms with Crippen molar-refractivity contribution >= 4 is 45.7 Å². The Kier molecular flexibility index (Phi) is 5.32. The van der Waals surface area contributed by atoms with Gasteiger partial charge >= 0.3 is 0 Å². The molecule has 1 rings (SSSR count). The average Bonchev–Trinajstić information content (AvgIpc) is 2.27. The van der Waals surface area contributed by atoms with Gasteiger partial charge in [-0.3, -0.25) is 4.79 Å². The van der Waals surface area contributed by atoms with Gasteiger partial charge in [0.2, 0.25) is 0 Å². The highest BCUT2D eigenvalue weighted by atomic mass is 127. The Bertz CT molecular complexity index is 436. The molecule has 3 nitrogen and oxygen atoms in total. The Labute approximate surface area is 121 Å². The number of hydrogen-bond donors (Lipinski definition) is 1. The van der Waals surface area contributed by atoms with E-state index in [1.165, 1.54) is 0 Å². The summed E-state index contributed by atoms with van der Waals surface area (Å²) in [6.07, 6.45) is 0. The Morgan fingerprint density at radius 1 is 1.59 bits per heavy atom. The number of thiocarbonyl (C=S) groups is 1. The molecule has 92 valence electrons. The van der Waals surface area contributed by atoms with Gasteiger partial charge < -0.3 is 10.6 Å². The summed E-state index contributed by atoms with van der Waals surface area (Å²) in [5.74, 6) is 0.0216. The van der Waals surface area contributed by atoms with Gasteiger partial charge in [-0.05, 0) is 40.8 Å². The summed E-state index contributed by atoms with van der Waals surface area (Å²) < 4.78 is 1.05. The maximum Gasteiger partial charge on any atom is 0.253 e. The summed E-state index contributed by atoms with van der Waals surface area (Å²) in [7, 11) is 1.76. The highest BCUT2D eigenvalue weighted by molar-refractivity contribution is 14.1. The second kappa shape index (κ2) is 6.30. The van der Waals surface area contributed by atoms with Gasteiger partial charge in [0.05, 0.1) is 4.99 Å². The van der Waals surface area contributed by atoms with Crippen molar-refractivity contribution in [3.05, 3.63) is 33.4 Å². The van der Waals surface area contributed by atoms with Crippen LogP contribution in [0, 0.1) is 9.49 Å². The monoisotopic (exact) mass is 362 g/mol. The minimum absolute atomic E-state index is 0.00776. The quantitative estimate of drug-likeness (QED) is 0.661. The number of hydrogen-bond acceptors (Lipinski definition) is 2. The molecule has 0 aliphatic rings. The van der Waals surface area contributed by atoms with Crippen molar-refractivity contribution in [2.45, 2.75) is 6.92 Å².